The van der Waals surface area contributed by atoms with Crippen molar-refractivity contribution in [2.24, 2.45) is 0 Å². The van der Waals surface area contributed by atoms with Crippen LogP contribution < -0.4 is 15.4 Å². The number of hydrogen-bond donors (Lipinski definition) is 2. The van der Waals surface area contributed by atoms with Crippen molar-refractivity contribution in [2.45, 2.75) is 0 Å². The predicted molar refractivity (Wildman–Crippen MR) is 133 cm³/mol. The number of ether oxygens (including phenoxy) is 2. The lowest BCUT2D eigenvalue weighted by atomic mass is 10.2. The van der Waals surface area contributed by atoms with E-state index in [1.54, 1.807) is 18.2 Å². The van der Waals surface area contributed by atoms with Gasteiger partial charge >= 0.3 is 12.0 Å². The first-order valence-corrected chi connectivity index (χ1v) is 11.4. The molecule has 1 heterocycles. The Hall–Kier alpha value is -2.75. The Balaban J connectivity index is 1.72. The molecule has 1 fully saturated rings. The highest BCUT2D eigenvalue weighted by atomic mass is 127. The molecule has 0 spiro atoms. The lowest BCUT2D eigenvalue weighted by Crippen LogP contribution is -2.38. The fourth-order valence-corrected chi connectivity index (χ4v) is 4.90. The number of esters is 1. The number of imide groups is 1. The minimum absolute atomic E-state index is 0.0199. The van der Waals surface area contributed by atoms with Gasteiger partial charge in [0.1, 0.15) is 23.8 Å². The van der Waals surface area contributed by atoms with Gasteiger partial charge in [0, 0.05) is 0 Å². The number of hydrogen-bond acceptors (Lipinski definition) is 6. The molecule has 2 aromatic carbocycles. The van der Waals surface area contributed by atoms with E-state index in [2.05, 4.69) is 15.4 Å². The average molecular weight is 679 g/mol. The molecule has 3 rings (SSSR count). The zero-order chi connectivity index (χ0) is 24.1. The van der Waals surface area contributed by atoms with Gasteiger partial charge in [0.25, 0.3) is 5.91 Å². The molecule has 1 aliphatic heterocycles. The molecule has 2 N–H and O–H groups in total. The molecule has 0 unspecified atom stereocenters. The van der Waals surface area contributed by atoms with Crippen LogP contribution in [0.4, 0.5) is 14.9 Å². The van der Waals surface area contributed by atoms with Crippen LogP contribution >= 0.6 is 45.2 Å². The zero-order valence-corrected chi connectivity index (χ0v) is 21.3. The Morgan fingerprint density at radius 2 is 1.85 bits per heavy atom. The van der Waals surface area contributed by atoms with Gasteiger partial charge < -0.3 is 20.1 Å². The van der Waals surface area contributed by atoms with Crippen molar-refractivity contribution in [2.75, 3.05) is 25.6 Å². The van der Waals surface area contributed by atoms with Crippen LogP contribution in [0.5, 0.6) is 5.75 Å². The number of urea groups is 1. The summed E-state index contributed by atoms with van der Waals surface area (Å²) in [7, 11) is 1.26. The van der Waals surface area contributed by atoms with Crippen LogP contribution in [0, 0.1) is 13.0 Å². The second kappa shape index (κ2) is 10.9. The number of benzene rings is 2. The van der Waals surface area contributed by atoms with Crippen molar-refractivity contribution in [1.29, 1.82) is 0 Å². The van der Waals surface area contributed by atoms with Gasteiger partial charge in [-0.2, -0.15) is 0 Å². The summed E-state index contributed by atoms with van der Waals surface area (Å²) in [5.41, 5.74) is 0.521. The molecule has 12 heteroatoms. The van der Waals surface area contributed by atoms with Gasteiger partial charge in [-0.25, -0.2) is 18.9 Å². The second-order valence-electron chi connectivity index (χ2n) is 6.59. The fraction of sp³-hybridized carbons (Fsp3) is 0.143. The number of amides is 4. The summed E-state index contributed by atoms with van der Waals surface area (Å²) in [5, 5.41) is 4.76. The average Bonchev–Trinajstić information content (AvgIpc) is 3.01. The minimum Gasteiger partial charge on any atom is -0.480 e. The van der Waals surface area contributed by atoms with Gasteiger partial charge in [-0.1, -0.05) is 12.1 Å². The van der Waals surface area contributed by atoms with Crippen LogP contribution in [-0.2, 0) is 19.1 Å². The lowest BCUT2D eigenvalue weighted by Gasteiger charge is -2.12. The van der Waals surface area contributed by atoms with Gasteiger partial charge in [0.2, 0.25) is 5.91 Å². The molecule has 0 radical (unpaired) electrons. The van der Waals surface area contributed by atoms with E-state index in [-0.39, 0.29) is 18.0 Å². The van der Waals surface area contributed by atoms with Gasteiger partial charge in [-0.3, -0.25) is 9.59 Å². The van der Waals surface area contributed by atoms with Gasteiger partial charge in [0.15, 0.2) is 6.61 Å². The van der Waals surface area contributed by atoms with Crippen molar-refractivity contribution >= 4 is 80.8 Å². The fourth-order valence-electron chi connectivity index (χ4n) is 2.77. The monoisotopic (exact) mass is 679 g/mol. The van der Waals surface area contributed by atoms with Crippen LogP contribution in [-0.4, -0.2) is 49.0 Å². The van der Waals surface area contributed by atoms with Crippen molar-refractivity contribution in [3.8, 4) is 5.75 Å². The molecular formula is C21H16FI2N3O6. The molecule has 0 atom stereocenters. The molecule has 0 aliphatic carbocycles. The van der Waals surface area contributed by atoms with Crippen LogP contribution in [0.2, 0.25) is 0 Å². The van der Waals surface area contributed by atoms with Crippen LogP contribution in [0.25, 0.3) is 6.08 Å². The molecule has 33 heavy (non-hydrogen) atoms. The molecular weight excluding hydrogens is 663 g/mol. The summed E-state index contributed by atoms with van der Waals surface area (Å²) in [6.07, 6.45) is 1.46. The molecule has 1 saturated heterocycles. The van der Waals surface area contributed by atoms with Crippen molar-refractivity contribution in [3.05, 3.63) is 60.6 Å². The van der Waals surface area contributed by atoms with Crippen LogP contribution in [0.1, 0.15) is 5.56 Å². The largest absolute Gasteiger partial charge is 0.480 e. The Morgan fingerprint density at radius 1 is 1.18 bits per heavy atom. The van der Waals surface area contributed by atoms with Crippen molar-refractivity contribution in [3.63, 3.8) is 0 Å². The van der Waals surface area contributed by atoms with E-state index in [4.69, 9.17) is 4.74 Å². The summed E-state index contributed by atoms with van der Waals surface area (Å²) in [5.74, 6) is -2.09. The lowest BCUT2D eigenvalue weighted by molar-refractivity contribution is -0.143. The van der Waals surface area contributed by atoms with Crippen molar-refractivity contribution < 1.29 is 33.0 Å². The van der Waals surface area contributed by atoms with E-state index in [0.717, 1.165) is 4.90 Å². The van der Waals surface area contributed by atoms with E-state index in [1.807, 2.05) is 45.2 Å². The number of anilines is 1. The maximum Gasteiger partial charge on any atom is 0.343 e. The Kier molecular flexibility index (Phi) is 8.23. The molecule has 9 nitrogen and oxygen atoms in total. The zero-order valence-electron chi connectivity index (χ0n) is 17.0. The number of nitrogens with one attached hydrogen (secondary N) is 2. The number of carbonyl (C=O) groups excluding carboxylic acids is 4. The number of methoxy groups -OCH3 is 1. The predicted octanol–water partition coefficient (Wildman–Crippen LogP) is 3.12. The molecule has 0 aromatic heterocycles. The standard InChI is InChI=1S/C21H16FI2N3O6/c1-32-18(29)10-33-19-13(23)6-11(7-14(19)24)8-16-20(30)27(21(31)26-16)9-17(28)25-15-5-3-2-4-12(15)22/h2-8H,9-10H2,1H3,(H,25,28)(H,26,31)/b16-8+. The Bertz CT molecular complexity index is 1150. The maximum absolute atomic E-state index is 13.7. The molecule has 2 aromatic rings. The summed E-state index contributed by atoms with van der Waals surface area (Å²) in [6, 6.07) is 8.20. The number of para-hydroxylation sites is 1. The summed E-state index contributed by atoms with van der Waals surface area (Å²) in [4.78, 5) is 49.2. The van der Waals surface area contributed by atoms with E-state index in [1.165, 1.54) is 31.4 Å². The SMILES string of the molecule is COC(=O)COc1c(I)cc(/C=C2/NC(=O)N(CC(=O)Nc3ccccc3F)C2=O)cc1I. The topological polar surface area (TPSA) is 114 Å². The first kappa shape index (κ1) is 24.9. The minimum atomic E-state index is -0.766. The number of nitrogens with zero attached hydrogens (tertiary/aromatic N) is 1. The smallest absolute Gasteiger partial charge is 0.343 e. The molecule has 1 aliphatic rings. The quantitative estimate of drug-likeness (QED) is 0.202. The van der Waals surface area contributed by atoms with E-state index in [0.29, 0.717) is 18.5 Å². The third kappa shape index (κ3) is 6.19. The summed E-state index contributed by atoms with van der Waals surface area (Å²) >= 11 is 4.04. The Labute approximate surface area is 214 Å². The van der Waals surface area contributed by atoms with Gasteiger partial charge in [0.05, 0.1) is 19.9 Å². The van der Waals surface area contributed by atoms with E-state index in [9.17, 15) is 23.6 Å². The summed E-state index contributed by atoms with van der Waals surface area (Å²) in [6.45, 7) is -0.826. The maximum atomic E-state index is 13.7. The van der Waals surface area contributed by atoms with Gasteiger partial charge in [-0.05, 0) is 81.1 Å². The molecule has 4 amide bonds. The Morgan fingerprint density at radius 3 is 2.48 bits per heavy atom. The highest BCUT2D eigenvalue weighted by Crippen LogP contribution is 2.30. The highest BCUT2D eigenvalue weighted by molar-refractivity contribution is 14.1. The molecule has 0 saturated carbocycles. The molecule has 0 bridgehead atoms. The number of halogens is 3. The second-order valence-corrected chi connectivity index (χ2v) is 8.91. The van der Waals surface area contributed by atoms with Crippen molar-refractivity contribution in [1.82, 2.24) is 10.2 Å². The van der Waals surface area contributed by atoms with Crippen LogP contribution in [0.15, 0.2) is 42.1 Å². The van der Waals surface area contributed by atoms with E-state index >= 15 is 0 Å². The molecule has 172 valence electrons. The van der Waals surface area contributed by atoms with Gasteiger partial charge in [-0.15, -0.1) is 0 Å². The highest BCUT2D eigenvalue weighted by Gasteiger charge is 2.35. The normalized spacial score (nSPS) is 14.3. The summed E-state index contributed by atoms with van der Waals surface area (Å²) < 4.78 is 25.1. The number of rotatable bonds is 7. The number of carbonyl (C=O) groups is 4. The van der Waals surface area contributed by atoms with Crippen LogP contribution in [0.3, 0.4) is 0 Å². The van der Waals surface area contributed by atoms with E-state index < -0.39 is 36.2 Å². The third-order valence-corrected chi connectivity index (χ3v) is 5.91. The first-order valence-electron chi connectivity index (χ1n) is 9.27. The third-order valence-electron chi connectivity index (χ3n) is 4.31. The first-order chi connectivity index (χ1) is 15.7.